The van der Waals surface area contributed by atoms with E-state index in [0.29, 0.717) is 6.07 Å². The van der Waals surface area contributed by atoms with Crippen LogP contribution in [0.1, 0.15) is 12.5 Å². The Bertz CT molecular complexity index is 822. The van der Waals surface area contributed by atoms with Crippen molar-refractivity contribution in [2.75, 3.05) is 10.6 Å². The van der Waals surface area contributed by atoms with Crippen LogP contribution in [0.3, 0.4) is 0 Å². The fourth-order valence-corrected chi connectivity index (χ4v) is 2.30. The first-order chi connectivity index (χ1) is 11.4. The number of halogens is 3. The molecular formula is C17H13BrF2N2O2. The lowest BCUT2D eigenvalue weighted by atomic mass is 10.2. The Labute approximate surface area is 145 Å². The minimum absolute atomic E-state index is 0.214. The molecule has 2 rings (SSSR count). The van der Waals surface area contributed by atoms with Crippen molar-refractivity contribution in [2.24, 2.45) is 0 Å². The lowest BCUT2D eigenvalue weighted by Gasteiger charge is -2.09. The third-order valence-corrected chi connectivity index (χ3v) is 3.67. The zero-order chi connectivity index (χ0) is 17.7. The monoisotopic (exact) mass is 394 g/mol. The lowest BCUT2D eigenvalue weighted by molar-refractivity contribution is -0.114. The van der Waals surface area contributed by atoms with Crippen molar-refractivity contribution in [1.29, 1.82) is 0 Å². The van der Waals surface area contributed by atoms with Crippen molar-refractivity contribution < 1.29 is 18.4 Å². The first-order valence-corrected chi connectivity index (χ1v) is 7.66. The molecule has 0 aliphatic heterocycles. The molecule has 0 radical (unpaired) electrons. The molecule has 2 aromatic rings. The van der Waals surface area contributed by atoms with Gasteiger partial charge in [0.2, 0.25) is 11.8 Å². The molecule has 0 unspecified atom stereocenters. The van der Waals surface area contributed by atoms with Gasteiger partial charge in [0.05, 0.1) is 11.4 Å². The van der Waals surface area contributed by atoms with E-state index in [9.17, 15) is 18.4 Å². The van der Waals surface area contributed by atoms with Crippen molar-refractivity contribution in [1.82, 2.24) is 0 Å². The fraction of sp³-hybridized carbons (Fsp3) is 0.0588. The Kier molecular flexibility index (Phi) is 5.81. The van der Waals surface area contributed by atoms with Gasteiger partial charge in [-0.3, -0.25) is 9.59 Å². The number of carbonyl (C=O) groups is 2. The third-order valence-electron chi connectivity index (χ3n) is 2.94. The van der Waals surface area contributed by atoms with Gasteiger partial charge in [0.25, 0.3) is 0 Å². The molecule has 0 heterocycles. The average Bonchev–Trinajstić information content (AvgIpc) is 2.51. The zero-order valence-electron chi connectivity index (χ0n) is 12.6. The molecule has 0 aliphatic rings. The van der Waals surface area contributed by atoms with Crippen LogP contribution in [0.5, 0.6) is 0 Å². The Morgan fingerprint density at radius 3 is 2.29 bits per heavy atom. The summed E-state index contributed by atoms with van der Waals surface area (Å²) in [7, 11) is 0. The quantitative estimate of drug-likeness (QED) is 0.757. The van der Waals surface area contributed by atoms with Crippen molar-refractivity contribution in [3.05, 3.63) is 64.1 Å². The van der Waals surface area contributed by atoms with E-state index in [1.165, 1.54) is 13.0 Å². The molecule has 0 fully saturated rings. The first kappa shape index (κ1) is 17.8. The van der Waals surface area contributed by atoms with E-state index in [1.54, 1.807) is 12.1 Å². The number of nitrogens with one attached hydrogen (secondary N) is 2. The van der Waals surface area contributed by atoms with Gasteiger partial charge in [0.1, 0.15) is 11.6 Å². The average molecular weight is 395 g/mol. The molecule has 0 saturated heterocycles. The first-order valence-electron chi connectivity index (χ1n) is 6.87. The Balaban J connectivity index is 2.16. The number of hydrogen-bond donors (Lipinski definition) is 2. The van der Waals surface area contributed by atoms with Gasteiger partial charge in [-0.25, -0.2) is 8.78 Å². The molecule has 0 aliphatic carbocycles. The number of hydrogen-bond acceptors (Lipinski definition) is 2. The largest absolute Gasteiger partial charge is 0.324 e. The maximum absolute atomic E-state index is 13.8. The lowest BCUT2D eigenvalue weighted by Crippen LogP contribution is -2.12. The smallest absolute Gasteiger partial charge is 0.248 e. The van der Waals surface area contributed by atoms with Gasteiger partial charge in [0, 0.05) is 23.5 Å². The van der Waals surface area contributed by atoms with Gasteiger partial charge >= 0.3 is 0 Å². The zero-order valence-corrected chi connectivity index (χ0v) is 14.2. The highest BCUT2D eigenvalue weighted by molar-refractivity contribution is 9.10. The number of carbonyl (C=O) groups excluding carboxylic acids is 2. The summed E-state index contributed by atoms with van der Waals surface area (Å²) in [5.41, 5.74) is 0.321. The molecule has 2 amide bonds. The summed E-state index contributed by atoms with van der Waals surface area (Å²) < 4.78 is 28.1. The number of benzene rings is 2. The van der Waals surface area contributed by atoms with Crippen molar-refractivity contribution in [3.63, 3.8) is 0 Å². The van der Waals surface area contributed by atoms with Crippen molar-refractivity contribution in [2.45, 2.75) is 6.92 Å². The predicted octanol–water partition coefficient (Wildman–Crippen LogP) is 4.34. The van der Waals surface area contributed by atoms with Gasteiger partial charge in [-0.2, -0.15) is 0 Å². The van der Waals surface area contributed by atoms with Crippen LogP contribution >= 0.6 is 15.9 Å². The van der Waals surface area contributed by atoms with Gasteiger partial charge in [-0.1, -0.05) is 34.1 Å². The SMILES string of the molecule is CC(=O)Nc1cc(NC(=O)/C=C/c2ccccc2Br)c(F)cc1F. The van der Waals surface area contributed by atoms with E-state index < -0.39 is 23.4 Å². The van der Waals surface area contributed by atoms with Crippen LogP contribution in [0, 0.1) is 11.6 Å². The van der Waals surface area contributed by atoms with Crippen molar-refractivity contribution >= 4 is 45.2 Å². The van der Waals surface area contributed by atoms with E-state index in [2.05, 4.69) is 26.6 Å². The van der Waals surface area contributed by atoms with Gasteiger partial charge in [-0.05, 0) is 23.8 Å². The Hall–Kier alpha value is -2.54. The summed E-state index contributed by atoms with van der Waals surface area (Å²) in [6.07, 6.45) is 2.77. The molecule has 4 nitrogen and oxygen atoms in total. The Morgan fingerprint density at radius 1 is 1.04 bits per heavy atom. The van der Waals surface area contributed by atoms with Crippen molar-refractivity contribution in [3.8, 4) is 0 Å². The predicted molar refractivity (Wildman–Crippen MR) is 92.5 cm³/mol. The Morgan fingerprint density at radius 2 is 1.67 bits per heavy atom. The molecule has 2 aromatic carbocycles. The van der Waals surface area contributed by atoms with Crippen LogP contribution in [-0.2, 0) is 9.59 Å². The molecule has 2 N–H and O–H groups in total. The van der Waals surface area contributed by atoms with Crippen LogP contribution in [0.15, 0.2) is 46.9 Å². The molecule has 24 heavy (non-hydrogen) atoms. The van der Waals surface area contributed by atoms with Gasteiger partial charge in [-0.15, -0.1) is 0 Å². The number of rotatable bonds is 4. The normalized spacial score (nSPS) is 10.7. The third kappa shape index (κ3) is 4.73. The van der Waals surface area contributed by atoms with E-state index in [-0.39, 0.29) is 11.4 Å². The maximum atomic E-state index is 13.8. The molecule has 124 valence electrons. The summed E-state index contributed by atoms with van der Waals surface area (Å²) in [4.78, 5) is 22.9. The maximum Gasteiger partial charge on any atom is 0.248 e. The summed E-state index contributed by atoms with van der Waals surface area (Å²) in [5, 5.41) is 4.53. The molecule has 0 spiro atoms. The topological polar surface area (TPSA) is 58.2 Å². The van der Waals surface area contributed by atoms with Crippen LogP contribution in [0.25, 0.3) is 6.08 Å². The molecule has 0 bridgehead atoms. The molecule has 7 heteroatoms. The van der Waals surface area contributed by atoms with E-state index in [0.717, 1.165) is 16.1 Å². The summed E-state index contributed by atoms with van der Waals surface area (Å²) >= 11 is 3.34. The highest BCUT2D eigenvalue weighted by Gasteiger charge is 2.12. The standard InChI is InChI=1S/C17H13BrF2N2O2/c1-10(23)21-15-9-16(14(20)8-13(15)19)22-17(24)7-6-11-4-2-3-5-12(11)18/h2-9H,1H3,(H,21,23)(H,22,24)/b7-6+. The molecular weight excluding hydrogens is 382 g/mol. The second-order valence-corrected chi connectivity index (χ2v) is 5.69. The van der Waals surface area contributed by atoms with Crippen LogP contribution < -0.4 is 10.6 Å². The van der Waals surface area contributed by atoms with E-state index >= 15 is 0 Å². The fourth-order valence-electron chi connectivity index (χ4n) is 1.88. The molecule has 0 atom stereocenters. The van der Waals surface area contributed by atoms with Gasteiger partial charge in [0.15, 0.2) is 0 Å². The summed E-state index contributed by atoms with van der Waals surface area (Å²) in [6.45, 7) is 1.20. The summed E-state index contributed by atoms with van der Waals surface area (Å²) in [6, 6.07) is 8.87. The number of amides is 2. The summed E-state index contributed by atoms with van der Waals surface area (Å²) in [5.74, 6) is -2.97. The molecule has 0 aromatic heterocycles. The van der Waals surface area contributed by atoms with E-state index in [1.807, 2.05) is 18.2 Å². The van der Waals surface area contributed by atoms with Crippen LogP contribution in [0.2, 0.25) is 0 Å². The second-order valence-electron chi connectivity index (χ2n) is 4.84. The van der Waals surface area contributed by atoms with E-state index in [4.69, 9.17) is 0 Å². The minimum Gasteiger partial charge on any atom is -0.324 e. The van der Waals surface area contributed by atoms with Crippen LogP contribution in [-0.4, -0.2) is 11.8 Å². The second kappa shape index (κ2) is 7.83. The minimum atomic E-state index is -0.941. The number of anilines is 2. The van der Waals surface area contributed by atoms with Crippen LogP contribution in [0.4, 0.5) is 20.2 Å². The van der Waals surface area contributed by atoms with Gasteiger partial charge < -0.3 is 10.6 Å². The highest BCUT2D eigenvalue weighted by Crippen LogP contribution is 2.24. The highest BCUT2D eigenvalue weighted by atomic mass is 79.9. The molecule has 0 saturated carbocycles.